The van der Waals surface area contributed by atoms with Gasteiger partial charge in [0, 0.05) is 12.8 Å². The largest absolute Gasteiger partial charge is 0.499 e. The average Bonchev–Trinajstić information content (AvgIpc) is 2.81. The number of esters is 1. The molecule has 0 fully saturated rings. The van der Waals surface area contributed by atoms with Gasteiger partial charge in [-0.2, -0.15) is 0 Å². The zero-order valence-corrected chi connectivity index (χ0v) is 21.9. The van der Waals surface area contributed by atoms with Crippen LogP contribution in [0.5, 0.6) is 0 Å². The van der Waals surface area contributed by atoms with E-state index in [4.69, 9.17) is 14.2 Å². The van der Waals surface area contributed by atoms with Crippen LogP contribution >= 0.6 is 0 Å². The summed E-state index contributed by atoms with van der Waals surface area (Å²) in [6, 6.07) is 0. The van der Waals surface area contributed by atoms with E-state index in [2.05, 4.69) is 27.0 Å². The van der Waals surface area contributed by atoms with Gasteiger partial charge in [-0.05, 0) is 50.9 Å². The molecule has 0 aromatic carbocycles. The lowest BCUT2D eigenvalue weighted by atomic mass is 10.00. The van der Waals surface area contributed by atoms with E-state index in [1.165, 1.54) is 19.3 Å². The van der Waals surface area contributed by atoms with Gasteiger partial charge in [0.05, 0.1) is 31.5 Å². The van der Waals surface area contributed by atoms with E-state index in [0.29, 0.717) is 50.8 Å². The van der Waals surface area contributed by atoms with E-state index in [-0.39, 0.29) is 23.8 Å². The molecule has 33 heavy (non-hydrogen) atoms. The number of ketones is 1. The average molecular weight is 467 g/mol. The quantitative estimate of drug-likeness (QED) is 0.0690. The number of ether oxygens (including phenoxy) is 3. The van der Waals surface area contributed by atoms with Crippen molar-refractivity contribution in [3.63, 3.8) is 0 Å². The van der Waals surface area contributed by atoms with Crippen LogP contribution in [0.1, 0.15) is 105 Å². The minimum Gasteiger partial charge on any atom is -0.499 e. The van der Waals surface area contributed by atoms with Gasteiger partial charge in [0.1, 0.15) is 6.10 Å². The van der Waals surface area contributed by atoms with Crippen molar-refractivity contribution in [3.05, 3.63) is 25.0 Å². The topological polar surface area (TPSA) is 61.8 Å². The normalized spacial score (nSPS) is 13.7. The molecule has 0 radical (unpaired) electrons. The zero-order chi connectivity index (χ0) is 24.9. The smallest absolute Gasteiger partial charge is 0.309 e. The number of carbonyl (C=O) groups is 2. The molecule has 0 amide bonds. The maximum Gasteiger partial charge on any atom is 0.309 e. The van der Waals surface area contributed by atoms with Gasteiger partial charge in [-0.25, -0.2) is 0 Å². The highest BCUT2D eigenvalue weighted by Crippen LogP contribution is 2.19. The molecule has 0 aliphatic heterocycles. The molecule has 0 aliphatic rings. The highest BCUT2D eigenvalue weighted by atomic mass is 16.5. The summed E-state index contributed by atoms with van der Waals surface area (Å²) in [5, 5.41) is 0. The first-order valence-electron chi connectivity index (χ1n) is 13.2. The lowest BCUT2D eigenvalue weighted by Gasteiger charge is -2.20. The first kappa shape index (κ1) is 31.4. The van der Waals surface area contributed by atoms with Crippen molar-refractivity contribution in [2.45, 2.75) is 111 Å². The van der Waals surface area contributed by atoms with Crippen LogP contribution in [0, 0.1) is 11.8 Å². The highest BCUT2D eigenvalue weighted by Gasteiger charge is 2.21. The first-order valence-corrected chi connectivity index (χ1v) is 13.2. The number of rotatable bonds is 23. The van der Waals surface area contributed by atoms with Crippen LogP contribution < -0.4 is 0 Å². The fraction of sp³-hybridized carbons (Fsp3) is 0.786. The summed E-state index contributed by atoms with van der Waals surface area (Å²) in [7, 11) is 0. The molecule has 3 atom stereocenters. The fourth-order valence-corrected chi connectivity index (χ4v) is 3.66. The summed E-state index contributed by atoms with van der Waals surface area (Å²) >= 11 is 0. The minimum absolute atomic E-state index is 0.214. The molecular weight excluding hydrogens is 416 g/mol. The van der Waals surface area contributed by atoms with Crippen LogP contribution in [0.4, 0.5) is 0 Å². The molecule has 5 nitrogen and oxygen atoms in total. The number of hydrogen-bond acceptors (Lipinski definition) is 5. The second-order valence-corrected chi connectivity index (χ2v) is 8.90. The number of allylic oxidation sites excluding steroid dienone is 2. The van der Waals surface area contributed by atoms with Crippen LogP contribution in [0.3, 0.4) is 0 Å². The molecule has 0 aliphatic carbocycles. The Bertz CT molecular complexity index is 542. The second-order valence-electron chi connectivity index (χ2n) is 8.90. The van der Waals surface area contributed by atoms with Crippen LogP contribution in [-0.4, -0.2) is 37.7 Å². The van der Waals surface area contributed by atoms with Crippen molar-refractivity contribution in [2.75, 3.05) is 19.8 Å². The summed E-state index contributed by atoms with van der Waals surface area (Å²) < 4.78 is 16.9. The maximum absolute atomic E-state index is 12.5. The molecule has 192 valence electrons. The lowest BCUT2D eigenvalue weighted by Crippen LogP contribution is -2.26. The Morgan fingerprint density at radius 1 is 0.909 bits per heavy atom. The van der Waals surface area contributed by atoms with Gasteiger partial charge in [-0.3, -0.25) is 9.59 Å². The van der Waals surface area contributed by atoms with Crippen molar-refractivity contribution in [3.8, 4) is 0 Å². The molecule has 0 aromatic rings. The standard InChI is InChI=1S/C28H50O5/c1-7-12-17-24(10-4)22-33-27(11-5)26(29)18-14-13-15-20-31-23(6)21-25(16-8-2)28(30)32-19-9-3/h8,24-25,27H,2,6-7,9-22H2,1,3-5H3. The molecule has 0 heterocycles. The maximum atomic E-state index is 12.5. The van der Waals surface area contributed by atoms with Gasteiger partial charge >= 0.3 is 5.97 Å². The van der Waals surface area contributed by atoms with Crippen LogP contribution in [-0.2, 0) is 23.8 Å². The van der Waals surface area contributed by atoms with Gasteiger partial charge in [-0.1, -0.05) is 59.6 Å². The zero-order valence-electron chi connectivity index (χ0n) is 21.9. The number of hydrogen-bond donors (Lipinski definition) is 0. The van der Waals surface area contributed by atoms with Crippen LogP contribution in [0.15, 0.2) is 25.0 Å². The van der Waals surface area contributed by atoms with Crippen molar-refractivity contribution in [1.82, 2.24) is 0 Å². The van der Waals surface area contributed by atoms with Crippen molar-refractivity contribution < 1.29 is 23.8 Å². The van der Waals surface area contributed by atoms with E-state index in [9.17, 15) is 9.59 Å². The third kappa shape index (κ3) is 15.8. The van der Waals surface area contributed by atoms with Gasteiger partial charge in [0.15, 0.2) is 5.78 Å². The molecular formula is C28H50O5. The van der Waals surface area contributed by atoms with Gasteiger partial charge in [0.25, 0.3) is 0 Å². The van der Waals surface area contributed by atoms with E-state index in [0.717, 1.165) is 38.5 Å². The fourth-order valence-electron chi connectivity index (χ4n) is 3.66. The van der Waals surface area contributed by atoms with Crippen LogP contribution in [0.25, 0.3) is 0 Å². The van der Waals surface area contributed by atoms with E-state index >= 15 is 0 Å². The first-order chi connectivity index (χ1) is 15.9. The number of unbranched alkanes of at least 4 members (excludes halogenated alkanes) is 3. The van der Waals surface area contributed by atoms with Crippen LogP contribution in [0.2, 0.25) is 0 Å². The van der Waals surface area contributed by atoms with E-state index in [1.807, 2.05) is 13.8 Å². The van der Waals surface area contributed by atoms with Crippen molar-refractivity contribution in [1.29, 1.82) is 0 Å². The lowest BCUT2D eigenvalue weighted by molar-refractivity contribution is -0.148. The van der Waals surface area contributed by atoms with Crippen molar-refractivity contribution in [2.24, 2.45) is 11.8 Å². The SMILES string of the molecule is C=CCC(CC(=C)OCCCCCC(=O)C(CC)OCC(CC)CCCC)C(=O)OCCC. The van der Waals surface area contributed by atoms with E-state index < -0.39 is 0 Å². The van der Waals surface area contributed by atoms with Gasteiger partial charge in [-0.15, -0.1) is 6.58 Å². The van der Waals surface area contributed by atoms with Gasteiger partial charge in [0.2, 0.25) is 0 Å². The molecule has 0 aromatic heterocycles. The van der Waals surface area contributed by atoms with Gasteiger partial charge < -0.3 is 14.2 Å². The second kappa shape index (κ2) is 20.9. The molecule has 5 heteroatoms. The molecule has 0 bridgehead atoms. The third-order valence-electron chi connectivity index (χ3n) is 5.89. The Balaban J connectivity index is 4.11. The summed E-state index contributed by atoms with van der Waals surface area (Å²) in [6.07, 6.45) is 11.8. The molecule has 0 spiro atoms. The molecule has 0 N–H and O–H groups in total. The van der Waals surface area contributed by atoms with E-state index in [1.54, 1.807) is 6.08 Å². The summed E-state index contributed by atoms with van der Waals surface area (Å²) in [5.41, 5.74) is 0. The number of Topliss-reactive ketones (excluding diaryl/α,β-unsaturated/α-hetero) is 1. The predicted octanol–water partition coefficient (Wildman–Crippen LogP) is 7.19. The Labute approximate surface area is 203 Å². The molecule has 3 unspecified atom stereocenters. The van der Waals surface area contributed by atoms with Crippen molar-refractivity contribution >= 4 is 11.8 Å². The third-order valence-corrected chi connectivity index (χ3v) is 5.89. The minimum atomic E-state index is -0.292. The highest BCUT2D eigenvalue weighted by molar-refractivity contribution is 5.82. The predicted molar refractivity (Wildman–Crippen MR) is 136 cm³/mol. The Hall–Kier alpha value is -1.62. The Morgan fingerprint density at radius 3 is 2.27 bits per heavy atom. The monoisotopic (exact) mass is 466 g/mol. The molecule has 0 saturated carbocycles. The Morgan fingerprint density at radius 2 is 1.67 bits per heavy atom. The summed E-state index contributed by atoms with van der Waals surface area (Å²) in [5.74, 6) is 0.852. The molecule has 0 rings (SSSR count). The summed E-state index contributed by atoms with van der Waals surface area (Å²) in [4.78, 5) is 24.7. The number of carbonyl (C=O) groups excluding carboxylic acids is 2. The summed E-state index contributed by atoms with van der Waals surface area (Å²) in [6.45, 7) is 17.7. The Kier molecular flexibility index (Phi) is 19.9. The molecule has 0 saturated heterocycles.